The van der Waals surface area contributed by atoms with E-state index in [0.717, 1.165) is 16.8 Å². The second kappa shape index (κ2) is 11.3. The van der Waals surface area contributed by atoms with Crippen LogP contribution >= 0.6 is 0 Å². The van der Waals surface area contributed by atoms with E-state index in [-0.39, 0.29) is 31.6 Å². The summed E-state index contributed by atoms with van der Waals surface area (Å²) in [7, 11) is 0. The molecular weight excluding hydrogens is 697 g/mol. The second-order valence-corrected chi connectivity index (χ2v) is 11.2. The number of aliphatic hydroxyl groups is 1. The van der Waals surface area contributed by atoms with Crippen molar-refractivity contribution in [3.05, 3.63) is 120 Å². The number of allylic oxidation sites excluding steroid dienone is 2. The Morgan fingerprint density at radius 2 is 1.52 bits per heavy atom. The van der Waals surface area contributed by atoms with Gasteiger partial charge in [-0.3, -0.25) is 9.78 Å². The molecule has 2 aromatic heterocycles. The van der Waals surface area contributed by atoms with E-state index in [2.05, 4.69) is 102 Å². The third kappa shape index (κ3) is 4.77. The topological polar surface area (TPSA) is 55.1 Å². The van der Waals surface area contributed by atoms with E-state index in [1.165, 1.54) is 77.6 Å². The van der Waals surface area contributed by atoms with Crippen molar-refractivity contribution in [3.8, 4) is 16.9 Å². The summed E-state index contributed by atoms with van der Waals surface area (Å²) in [6.45, 7) is 2.85. The first-order valence-corrected chi connectivity index (χ1v) is 14.3. The Bertz CT molecular complexity index is 1990. The predicted molar refractivity (Wildman–Crippen MR) is 167 cm³/mol. The molecule has 6 aromatic rings. The number of ketones is 1. The van der Waals surface area contributed by atoms with Crippen LogP contribution in [-0.2, 0) is 24.9 Å². The van der Waals surface area contributed by atoms with E-state index in [1.807, 2.05) is 0 Å². The normalized spacial score (nSPS) is 17.1. The Morgan fingerprint density at radius 3 is 2.24 bits per heavy atom. The van der Waals surface area contributed by atoms with E-state index in [9.17, 15) is 4.79 Å². The fourth-order valence-corrected chi connectivity index (χ4v) is 7.01. The van der Waals surface area contributed by atoms with Crippen molar-refractivity contribution in [1.29, 1.82) is 0 Å². The number of aromatic nitrogens is 2. The van der Waals surface area contributed by atoms with Crippen LogP contribution in [0.5, 0.6) is 0 Å². The molecule has 2 unspecified atom stereocenters. The van der Waals surface area contributed by atoms with E-state index >= 15 is 0 Å². The number of carbonyl (C=O) groups excluding carboxylic acids is 1. The Hall–Kier alpha value is -4.05. The maximum atomic E-state index is 10.0. The van der Waals surface area contributed by atoms with Crippen LogP contribution in [0.15, 0.2) is 103 Å². The average molecular weight is 728 g/mol. The van der Waals surface area contributed by atoms with Gasteiger partial charge in [-0.05, 0) is 91.4 Å². The number of rotatable bonds is 3. The van der Waals surface area contributed by atoms with Gasteiger partial charge in [-0.1, -0.05) is 65.5 Å². The summed E-state index contributed by atoms with van der Waals surface area (Å²) in [6, 6.07) is 36.2. The molecule has 2 atom stereocenters. The summed E-state index contributed by atoms with van der Waals surface area (Å²) in [5.41, 5.74) is 10.1. The van der Waals surface area contributed by atoms with Crippen molar-refractivity contribution in [2.45, 2.75) is 44.9 Å². The number of fused-ring (bicyclic) bond motifs is 10. The van der Waals surface area contributed by atoms with Crippen molar-refractivity contribution in [1.82, 2.24) is 9.55 Å². The van der Waals surface area contributed by atoms with Gasteiger partial charge in [0.2, 0.25) is 0 Å². The number of para-hydroxylation sites is 3. The van der Waals surface area contributed by atoms with Crippen LogP contribution in [0.2, 0.25) is 0 Å². The second-order valence-electron chi connectivity index (χ2n) is 11.2. The predicted octanol–water partition coefficient (Wildman–Crippen LogP) is 9.20. The third-order valence-corrected chi connectivity index (χ3v) is 8.51. The van der Waals surface area contributed by atoms with Gasteiger partial charge in [0, 0.05) is 42.8 Å². The largest absolute Gasteiger partial charge is 0.512 e. The molecule has 2 heterocycles. The first-order chi connectivity index (χ1) is 20.0. The molecule has 2 aliphatic rings. The van der Waals surface area contributed by atoms with E-state index in [0.29, 0.717) is 11.8 Å². The van der Waals surface area contributed by atoms with Crippen LogP contribution in [-0.4, -0.2) is 20.4 Å². The molecule has 0 spiro atoms. The number of hydrogen-bond donors (Lipinski definition) is 1. The molecule has 211 valence electrons. The summed E-state index contributed by atoms with van der Waals surface area (Å²) in [6.07, 6.45) is 5.05. The third-order valence-electron chi connectivity index (χ3n) is 8.51. The molecule has 5 heteroatoms. The number of pyridine rings is 1. The van der Waals surface area contributed by atoms with Crippen LogP contribution in [0, 0.1) is 6.07 Å². The van der Waals surface area contributed by atoms with Crippen LogP contribution in [0.1, 0.15) is 56.1 Å². The SMILES string of the molecule is CC(=O)C=C(C)O.[Ir].[c-]1cc2c3ccccc3n(-c3ccccc3)c2cc1-c1nc2ccccc2c2c1C1CCC2C1. The molecule has 1 radical (unpaired) electrons. The molecule has 1 N–H and O–H groups in total. The minimum absolute atomic E-state index is 0. The van der Waals surface area contributed by atoms with Gasteiger partial charge in [-0.15, -0.1) is 23.8 Å². The van der Waals surface area contributed by atoms with Gasteiger partial charge in [-0.25, -0.2) is 0 Å². The number of benzene rings is 4. The summed E-state index contributed by atoms with van der Waals surface area (Å²) >= 11 is 0. The fourth-order valence-electron chi connectivity index (χ4n) is 7.01. The minimum Gasteiger partial charge on any atom is -0.512 e. The number of aliphatic hydroxyl groups excluding tert-OH is 1. The van der Waals surface area contributed by atoms with E-state index in [1.54, 1.807) is 5.56 Å². The molecule has 4 nitrogen and oxygen atoms in total. The van der Waals surface area contributed by atoms with Gasteiger partial charge in [0.15, 0.2) is 5.78 Å². The first kappa shape index (κ1) is 28.1. The summed E-state index contributed by atoms with van der Waals surface area (Å²) in [4.78, 5) is 15.3. The van der Waals surface area contributed by atoms with Crippen molar-refractivity contribution in [3.63, 3.8) is 0 Å². The monoisotopic (exact) mass is 728 g/mol. The maximum absolute atomic E-state index is 10.0. The van der Waals surface area contributed by atoms with Crippen LogP contribution in [0.25, 0.3) is 49.7 Å². The molecule has 8 rings (SSSR count). The zero-order valence-electron chi connectivity index (χ0n) is 23.6. The molecule has 1 fully saturated rings. The van der Waals surface area contributed by atoms with Crippen molar-refractivity contribution in [2.24, 2.45) is 0 Å². The van der Waals surface area contributed by atoms with Gasteiger partial charge < -0.3 is 9.67 Å². The number of hydrogen-bond acceptors (Lipinski definition) is 3. The average Bonchev–Trinajstić information content (AvgIpc) is 3.69. The number of nitrogens with zero attached hydrogens (tertiary/aromatic N) is 2. The molecule has 0 amide bonds. The van der Waals surface area contributed by atoms with E-state index in [4.69, 9.17) is 10.1 Å². The maximum Gasteiger partial charge on any atom is 0.155 e. The Labute approximate surface area is 259 Å². The number of carbonyl (C=O) groups is 1. The van der Waals surface area contributed by atoms with Crippen molar-refractivity contribution in [2.75, 3.05) is 0 Å². The van der Waals surface area contributed by atoms with Gasteiger partial charge in [0.05, 0.1) is 11.3 Å². The summed E-state index contributed by atoms with van der Waals surface area (Å²) < 4.78 is 2.38. The van der Waals surface area contributed by atoms with E-state index < -0.39 is 0 Å². The molecule has 0 saturated heterocycles. The molecular formula is C37H31IrN2O2-. The van der Waals surface area contributed by atoms with Gasteiger partial charge in [-0.2, -0.15) is 0 Å². The Balaban J connectivity index is 0.000000356. The Morgan fingerprint density at radius 1 is 0.857 bits per heavy atom. The minimum atomic E-state index is -0.125. The Kier molecular flexibility index (Phi) is 7.57. The van der Waals surface area contributed by atoms with Crippen molar-refractivity contribution >= 4 is 38.5 Å². The molecule has 4 aromatic carbocycles. The quantitative estimate of drug-likeness (QED) is 0.112. The van der Waals surface area contributed by atoms with Gasteiger partial charge in [0.1, 0.15) is 0 Å². The van der Waals surface area contributed by atoms with Gasteiger partial charge >= 0.3 is 0 Å². The standard InChI is InChI=1S/C32H23N2.C5H8O2.Ir/c1-2-8-23(9-3-1)34-28-13-7-5-10-24(28)25-17-16-22(19-29(25)34)32-31-21-15-14-20(18-21)30(31)26-11-4-6-12-27(26)33-32;1-4(6)3-5(2)7;/h1-13,17,19-21H,14-15,18H2;3,6H,1-2H3;/q-1;;. The van der Waals surface area contributed by atoms with Crippen molar-refractivity contribution < 1.29 is 30.0 Å². The van der Waals surface area contributed by atoms with Crippen LogP contribution in [0.4, 0.5) is 0 Å². The fraction of sp³-hybridized carbons (Fsp3) is 0.189. The zero-order chi connectivity index (χ0) is 28.1. The molecule has 0 aliphatic heterocycles. The van der Waals surface area contributed by atoms with Gasteiger partial charge in [0.25, 0.3) is 0 Å². The zero-order valence-corrected chi connectivity index (χ0v) is 26.0. The smallest absolute Gasteiger partial charge is 0.155 e. The molecule has 2 bridgehead atoms. The molecule has 42 heavy (non-hydrogen) atoms. The summed E-state index contributed by atoms with van der Waals surface area (Å²) in [5.74, 6) is 1.26. The van der Waals surface area contributed by atoms with Crippen LogP contribution < -0.4 is 0 Å². The molecule has 1 saturated carbocycles. The van der Waals surface area contributed by atoms with Crippen LogP contribution in [0.3, 0.4) is 0 Å². The summed E-state index contributed by atoms with van der Waals surface area (Å²) in [5, 5.41) is 12.2. The molecule has 2 aliphatic carbocycles. The first-order valence-electron chi connectivity index (χ1n) is 14.3.